The van der Waals surface area contributed by atoms with Crippen LogP contribution in [0.5, 0.6) is 0 Å². The summed E-state index contributed by atoms with van der Waals surface area (Å²) in [7, 11) is -3.73. The molecule has 8 heteroatoms. The monoisotopic (exact) mass is 359 g/mol. The first-order valence-corrected chi connectivity index (χ1v) is 7.74. The van der Waals surface area contributed by atoms with Gasteiger partial charge in [-0.05, 0) is 58.4 Å². The van der Waals surface area contributed by atoms with Crippen LogP contribution in [-0.4, -0.2) is 8.42 Å². The normalized spacial score (nSPS) is 11.2. The zero-order valence-electron chi connectivity index (χ0n) is 10.1. The Kier molecular flexibility index (Phi) is 4.26. The van der Waals surface area contributed by atoms with Crippen molar-refractivity contribution in [1.82, 2.24) is 0 Å². The van der Waals surface area contributed by atoms with Crippen molar-refractivity contribution in [3.8, 4) is 0 Å². The highest BCUT2D eigenvalue weighted by Crippen LogP contribution is 2.23. The van der Waals surface area contributed by atoms with Crippen molar-refractivity contribution in [3.63, 3.8) is 0 Å². The second-order valence-corrected chi connectivity index (χ2v) is 6.44. The third kappa shape index (κ3) is 3.27. The van der Waals surface area contributed by atoms with Crippen LogP contribution in [0.15, 0.2) is 51.8 Å². The Bertz CT molecular complexity index is 720. The van der Waals surface area contributed by atoms with Crippen LogP contribution in [0.25, 0.3) is 0 Å². The van der Waals surface area contributed by atoms with Gasteiger partial charge in [0, 0.05) is 5.69 Å². The average Bonchev–Trinajstić information content (AvgIpc) is 2.43. The lowest BCUT2D eigenvalue weighted by molar-refractivity contribution is 0.601. The molecule has 5 nitrogen and oxygen atoms in total. The van der Waals surface area contributed by atoms with E-state index in [1.165, 1.54) is 42.5 Å². The molecule has 0 aliphatic carbocycles. The summed E-state index contributed by atoms with van der Waals surface area (Å²) in [5.41, 5.74) is 3.26. The fourth-order valence-corrected chi connectivity index (χ4v) is 2.93. The summed E-state index contributed by atoms with van der Waals surface area (Å²) in [4.78, 5) is 0.0805. The van der Waals surface area contributed by atoms with Crippen LogP contribution in [0.3, 0.4) is 0 Å². The molecular formula is C12H11BrFN3O2S. The molecule has 0 spiro atoms. The van der Waals surface area contributed by atoms with Gasteiger partial charge < -0.3 is 5.43 Å². The summed E-state index contributed by atoms with van der Waals surface area (Å²) < 4.78 is 39.9. The maximum absolute atomic E-state index is 13.1. The van der Waals surface area contributed by atoms with Crippen LogP contribution in [0.2, 0.25) is 0 Å². The van der Waals surface area contributed by atoms with Gasteiger partial charge in [-0.15, -0.1) is 0 Å². The fourth-order valence-electron chi connectivity index (χ4n) is 1.50. The fraction of sp³-hybridized carbons (Fsp3) is 0. The minimum atomic E-state index is -3.73. The maximum Gasteiger partial charge on any atom is 0.261 e. The largest absolute Gasteiger partial charge is 0.324 e. The molecule has 20 heavy (non-hydrogen) atoms. The molecule has 2 rings (SSSR count). The van der Waals surface area contributed by atoms with Crippen LogP contribution in [0.4, 0.5) is 15.8 Å². The number of anilines is 2. The Labute approximate surface area is 124 Å². The van der Waals surface area contributed by atoms with Gasteiger partial charge in [-0.1, -0.05) is 0 Å². The van der Waals surface area contributed by atoms with Gasteiger partial charge in [0.25, 0.3) is 10.0 Å². The van der Waals surface area contributed by atoms with E-state index in [4.69, 9.17) is 5.84 Å². The minimum absolute atomic E-state index is 0.0805. The van der Waals surface area contributed by atoms with Gasteiger partial charge in [-0.2, -0.15) is 0 Å². The molecular weight excluding hydrogens is 349 g/mol. The number of hydrogen-bond donors (Lipinski definition) is 3. The van der Waals surface area contributed by atoms with Gasteiger partial charge in [0.05, 0.1) is 15.1 Å². The number of rotatable bonds is 4. The highest BCUT2D eigenvalue weighted by Gasteiger charge is 2.14. The molecule has 0 aliphatic heterocycles. The number of hydrazine groups is 1. The van der Waals surface area contributed by atoms with E-state index in [1.54, 1.807) is 0 Å². The van der Waals surface area contributed by atoms with Crippen LogP contribution >= 0.6 is 15.9 Å². The molecule has 0 unspecified atom stereocenters. The number of benzene rings is 2. The van der Waals surface area contributed by atoms with E-state index in [2.05, 4.69) is 26.1 Å². The smallest absolute Gasteiger partial charge is 0.261 e. The Hall–Kier alpha value is -1.64. The van der Waals surface area contributed by atoms with Crippen molar-refractivity contribution in [2.24, 2.45) is 5.84 Å². The van der Waals surface area contributed by atoms with E-state index in [1.807, 2.05) is 0 Å². The first-order valence-electron chi connectivity index (χ1n) is 5.47. The summed E-state index contributed by atoms with van der Waals surface area (Å²) >= 11 is 3.00. The molecule has 106 valence electrons. The molecule has 0 radical (unpaired) electrons. The van der Waals surface area contributed by atoms with E-state index < -0.39 is 15.8 Å². The molecule has 0 saturated heterocycles. The zero-order valence-corrected chi connectivity index (χ0v) is 12.5. The standard InChI is InChI=1S/C12H11BrFN3O2S/c13-11-7-9(3-6-12(11)14)17-20(18,19)10-4-1-8(16-15)2-5-10/h1-7,16-17H,15H2. The van der Waals surface area contributed by atoms with Gasteiger partial charge >= 0.3 is 0 Å². The number of halogens is 2. The Morgan fingerprint density at radius 1 is 1.05 bits per heavy atom. The van der Waals surface area contributed by atoms with Gasteiger partial charge in [-0.25, -0.2) is 12.8 Å². The molecule has 0 aliphatic rings. The SMILES string of the molecule is NNc1ccc(S(=O)(=O)Nc2ccc(F)c(Br)c2)cc1. The molecule has 0 bridgehead atoms. The van der Waals surface area contributed by atoms with Crippen molar-refractivity contribution in [2.45, 2.75) is 4.90 Å². The molecule has 0 saturated carbocycles. The molecule has 2 aromatic carbocycles. The number of sulfonamides is 1. The molecule has 0 heterocycles. The van der Waals surface area contributed by atoms with Crippen LogP contribution < -0.4 is 16.0 Å². The lowest BCUT2D eigenvalue weighted by atomic mass is 10.3. The molecule has 0 fully saturated rings. The molecule has 4 N–H and O–H groups in total. The minimum Gasteiger partial charge on any atom is -0.324 e. The maximum atomic E-state index is 13.1. The summed E-state index contributed by atoms with van der Waals surface area (Å²) in [5.74, 6) is 4.74. The summed E-state index contributed by atoms with van der Waals surface area (Å²) in [6.07, 6.45) is 0. The highest BCUT2D eigenvalue weighted by atomic mass is 79.9. The van der Waals surface area contributed by atoms with Gasteiger partial charge in [0.1, 0.15) is 5.82 Å². The first kappa shape index (κ1) is 14.8. The van der Waals surface area contributed by atoms with Crippen molar-refractivity contribution >= 4 is 37.3 Å². The number of nitrogens with one attached hydrogen (secondary N) is 2. The van der Waals surface area contributed by atoms with Crippen LogP contribution in [0.1, 0.15) is 0 Å². The van der Waals surface area contributed by atoms with E-state index in [9.17, 15) is 12.8 Å². The Balaban J connectivity index is 2.27. The van der Waals surface area contributed by atoms with Crippen molar-refractivity contribution in [2.75, 3.05) is 10.1 Å². The highest BCUT2D eigenvalue weighted by molar-refractivity contribution is 9.10. The Morgan fingerprint density at radius 3 is 2.20 bits per heavy atom. The van der Waals surface area contributed by atoms with E-state index in [0.717, 1.165) is 0 Å². The predicted octanol–water partition coefficient (Wildman–Crippen LogP) is 2.67. The summed E-state index contributed by atoms with van der Waals surface area (Å²) in [5, 5.41) is 0. The molecule has 0 aromatic heterocycles. The predicted molar refractivity (Wildman–Crippen MR) is 79.2 cm³/mol. The topological polar surface area (TPSA) is 84.2 Å². The van der Waals surface area contributed by atoms with Crippen molar-refractivity contribution < 1.29 is 12.8 Å². The zero-order chi connectivity index (χ0) is 14.8. The second kappa shape index (κ2) is 5.78. The molecule has 2 aromatic rings. The van der Waals surface area contributed by atoms with Crippen molar-refractivity contribution in [3.05, 3.63) is 52.8 Å². The van der Waals surface area contributed by atoms with E-state index in [-0.39, 0.29) is 15.1 Å². The van der Waals surface area contributed by atoms with Crippen molar-refractivity contribution in [1.29, 1.82) is 0 Å². The Morgan fingerprint density at radius 2 is 1.65 bits per heavy atom. The summed E-state index contributed by atoms with van der Waals surface area (Å²) in [6.45, 7) is 0. The average molecular weight is 360 g/mol. The number of nitrogen functional groups attached to an aromatic ring is 1. The number of hydrogen-bond acceptors (Lipinski definition) is 4. The van der Waals surface area contributed by atoms with Gasteiger partial charge in [-0.3, -0.25) is 10.6 Å². The lowest BCUT2D eigenvalue weighted by Gasteiger charge is -2.09. The van der Waals surface area contributed by atoms with E-state index >= 15 is 0 Å². The van der Waals surface area contributed by atoms with Gasteiger partial charge in [0.2, 0.25) is 0 Å². The van der Waals surface area contributed by atoms with Crippen LogP contribution in [0, 0.1) is 5.82 Å². The number of nitrogens with two attached hydrogens (primary N) is 1. The molecule has 0 atom stereocenters. The summed E-state index contributed by atoms with van der Waals surface area (Å²) in [6, 6.07) is 9.76. The molecule has 0 amide bonds. The lowest BCUT2D eigenvalue weighted by Crippen LogP contribution is -2.13. The first-order chi connectivity index (χ1) is 9.42. The second-order valence-electron chi connectivity index (χ2n) is 3.90. The van der Waals surface area contributed by atoms with Crippen LogP contribution in [-0.2, 0) is 10.0 Å². The van der Waals surface area contributed by atoms with E-state index in [0.29, 0.717) is 5.69 Å². The third-order valence-corrected chi connectivity index (χ3v) is 4.51. The van der Waals surface area contributed by atoms with Gasteiger partial charge in [0.15, 0.2) is 0 Å². The quantitative estimate of drug-likeness (QED) is 0.578. The third-order valence-electron chi connectivity index (χ3n) is 2.50.